The van der Waals surface area contributed by atoms with Gasteiger partial charge in [-0.1, -0.05) is 36.2 Å². The third-order valence-corrected chi connectivity index (χ3v) is 10.0. The molecular weight excluding hydrogens is 884 g/mol. The van der Waals surface area contributed by atoms with Crippen LogP contribution >= 0.6 is 0 Å². The number of halogens is 3. The van der Waals surface area contributed by atoms with E-state index in [1.54, 1.807) is 65.4 Å². The molecule has 0 unspecified atom stereocenters. The molecule has 0 bridgehead atoms. The minimum absolute atomic E-state index is 0.151. The van der Waals surface area contributed by atoms with Crippen molar-refractivity contribution >= 4 is 28.2 Å². The Morgan fingerprint density at radius 2 is 1.57 bits per heavy atom. The number of amides is 1. The fourth-order valence-corrected chi connectivity index (χ4v) is 6.81. The molecule has 6 rings (SSSR count). The SMILES string of the molecule is CCCNC.Cc1noc(C)c1-c1ccc(=O)n(Cc2cccc(OCC(=O)NCCOCCOCCOCCOc3ccc(NCC#Cc4cc5c(N)cccc5n4CC(F)(F)F)cc3)c2)c1. The number of anilines is 2. The number of nitrogens with one attached hydrogen (secondary N) is 3. The minimum Gasteiger partial charge on any atom is -0.491 e. The molecule has 0 radical (unpaired) electrons. The Morgan fingerprint density at radius 3 is 2.25 bits per heavy atom. The highest BCUT2D eigenvalue weighted by Crippen LogP contribution is 2.29. The van der Waals surface area contributed by atoms with Gasteiger partial charge >= 0.3 is 6.18 Å². The normalized spacial score (nSPS) is 11.1. The molecular formula is C50H60F3N7O8. The van der Waals surface area contributed by atoms with Gasteiger partial charge in [0, 0.05) is 46.7 Å². The summed E-state index contributed by atoms with van der Waals surface area (Å²) >= 11 is 0. The third kappa shape index (κ3) is 17.1. The number of carbonyl (C=O) groups excluding carboxylic acids is 1. The zero-order chi connectivity index (χ0) is 48.7. The molecule has 15 nitrogen and oxygen atoms in total. The molecule has 1 amide bonds. The molecule has 364 valence electrons. The van der Waals surface area contributed by atoms with Crippen molar-refractivity contribution in [2.24, 2.45) is 0 Å². The second kappa shape index (κ2) is 27.1. The van der Waals surface area contributed by atoms with Crippen molar-refractivity contribution in [1.82, 2.24) is 24.9 Å². The number of hydrogen-bond donors (Lipinski definition) is 4. The van der Waals surface area contributed by atoms with Gasteiger partial charge in [-0.3, -0.25) is 9.59 Å². The first-order valence-corrected chi connectivity index (χ1v) is 22.2. The van der Waals surface area contributed by atoms with Gasteiger partial charge in [-0.15, -0.1) is 0 Å². The van der Waals surface area contributed by atoms with E-state index in [1.165, 1.54) is 12.5 Å². The number of alkyl halides is 3. The number of nitrogens with zero attached hydrogens (tertiary/aromatic N) is 3. The van der Waals surface area contributed by atoms with Crippen molar-refractivity contribution in [2.75, 3.05) is 90.6 Å². The Kier molecular flexibility index (Phi) is 20.8. The third-order valence-electron chi connectivity index (χ3n) is 10.0. The number of fused-ring (bicyclic) bond motifs is 1. The Labute approximate surface area is 394 Å². The molecule has 0 aliphatic heterocycles. The second-order valence-corrected chi connectivity index (χ2v) is 15.3. The van der Waals surface area contributed by atoms with Crippen molar-refractivity contribution in [2.45, 2.75) is 46.5 Å². The average molecular weight is 944 g/mol. The lowest BCUT2D eigenvalue weighted by Gasteiger charge is -2.11. The minimum atomic E-state index is -4.41. The highest BCUT2D eigenvalue weighted by molar-refractivity contribution is 5.92. The van der Waals surface area contributed by atoms with E-state index in [9.17, 15) is 22.8 Å². The van der Waals surface area contributed by atoms with Gasteiger partial charge in [-0.25, -0.2) is 0 Å². The molecule has 0 aliphatic rings. The van der Waals surface area contributed by atoms with Crippen LogP contribution in [0, 0.1) is 25.7 Å². The van der Waals surface area contributed by atoms with E-state index in [-0.39, 0.29) is 30.3 Å². The van der Waals surface area contributed by atoms with E-state index in [0.29, 0.717) is 93.2 Å². The number of nitrogens with two attached hydrogens (primary N) is 1. The highest BCUT2D eigenvalue weighted by atomic mass is 19.4. The number of rotatable bonds is 24. The van der Waals surface area contributed by atoms with Gasteiger partial charge in [0.1, 0.15) is 30.4 Å². The number of nitrogen functional groups attached to an aromatic ring is 1. The summed E-state index contributed by atoms with van der Waals surface area (Å²) in [6, 6.07) is 24.2. The summed E-state index contributed by atoms with van der Waals surface area (Å²) in [7, 11) is 1.96. The average Bonchev–Trinajstić information content (AvgIpc) is 3.84. The largest absolute Gasteiger partial charge is 0.491 e. The van der Waals surface area contributed by atoms with Crippen molar-refractivity contribution in [3.05, 3.63) is 124 Å². The van der Waals surface area contributed by atoms with Crippen molar-refractivity contribution in [3.63, 3.8) is 0 Å². The topological polar surface area (TPSA) is 178 Å². The number of aryl methyl sites for hydroxylation is 2. The van der Waals surface area contributed by atoms with E-state index in [1.807, 2.05) is 45.2 Å². The summed E-state index contributed by atoms with van der Waals surface area (Å²) in [6.07, 6.45) is -1.39. The fraction of sp³-hybridized carbons (Fsp3) is 0.380. The molecule has 68 heavy (non-hydrogen) atoms. The van der Waals surface area contributed by atoms with Gasteiger partial charge < -0.3 is 59.0 Å². The maximum absolute atomic E-state index is 13.3. The zero-order valence-corrected chi connectivity index (χ0v) is 38.9. The van der Waals surface area contributed by atoms with E-state index in [2.05, 4.69) is 39.9 Å². The van der Waals surface area contributed by atoms with Gasteiger partial charge in [0.25, 0.3) is 11.5 Å². The lowest BCUT2D eigenvalue weighted by Crippen LogP contribution is -2.32. The number of pyridine rings is 1. The van der Waals surface area contributed by atoms with Gasteiger partial charge in [0.15, 0.2) is 6.61 Å². The first kappa shape index (κ1) is 52.2. The predicted octanol–water partition coefficient (Wildman–Crippen LogP) is 6.97. The Hall–Kier alpha value is -6.78. The van der Waals surface area contributed by atoms with Gasteiger partial charge in [0.2, 0.25) is 0 Å². The highest BCUT2D eigenvalue weighted by Gasteiger charge is 2.30. The standard InChI is InChI=1S/C46H49F3N6O8.C4H11N/c1-32-45(33(2)63-53-32)35-11-16-44(57)54(29-35)28-34-6-3-8-39(26-34)62-30-43(56)52-18-19-58-20-21-59-22-23-60-24-25-61-38-14-12-36(13-15-38)51-17-5-7-37-27-40-41(50)9-4-10-42(40)55(37)31-46(47,48)49;1-3-4-5-2/h3-4,6,8-16,26-27,29,51H,17-25,28,30-31,50H2,1-2H3,(H,52,56);5H,3-4H2,1-2H3. The molecule has 0 spiro atoms. The molecule has 5 N–H and O–H groups in total. The van der Waals surface area contributed by atoms with E-state index in [0.717, 1.165) is 39.2 Å². The van der Waals surface area contributed by atoms with Crippen LogP contribution in [-0.2, 0) is 32.1 Å². The summed E-state index contributed by atoms with van der Waals surface area (Å²) in [5.74, 6) is 7.27. The van der Waals surface area contributed by atoms with Gasteiger partial charge in [-0.2, -0.15) is 13.2 Å². The monoisotopic (exact) mass is 943 g/mol. The number of aromatic nitrogens is 3. The molecule has 6 aromatic rings. The summed E-state index contributed by atoms with van der Waals surface area (Å²) in [6.45, 7) is 8.98. The van der Waals surface area contributed by atoms with E-state index in [4.69, 9.17) is 33.9 Å². The zero-order valence-electron chi connectivity index (χ0n) is 38.9. The number of hydrogen-bond acceptors (Lipinski definition) is 12. The van der Waals surface area contributed by atoms with Crippen molar-refractivity contribution in [1.29, 1.82) is 0 Å². The van der Waals surface area contributed by atoms with Crippen LogP contribution in [0.1, 0.15) is 36.1 Å². The molecule has 3 heterocycles. The van der Waals surface area contributed by atoms with E-state index >= 15 is 0 Å². The number of carbonyl (C=O) groups is 1. The Bertz CT molecular complexity index is 2590. The van der Waals surface area contributed by atoms with Crippen LogP contribution in [0.15, 0.2) is 100 Å². The van der Waals surface area contributed by atoms with Gasteiger partial charge in [-0.05, 0) is 106 Å². The lowest BCUT2D eigenvalue weighted by molar-refractivity contribution is -0.140. The smallest absolute Gasteiger partial charge is 0.406 e. The quantitative estimate of drug-likeness (QED) is 0.0279. The van der Waals surface area contributed by atoms with Gasteiger partial charge in [0.05, 0.1) is 69.6 Å². The summed E-state index contributed by atoms with van der Waals surface area (Å²) in [5.41, 5.74) is 10.9. The second-order valence-electron chi connectivity index (χ2n) is 15.3. The molecule has 18 heteroatoms. The van der Waals surface area contributed by atoms with Crippen molar-refractivity contribution in [3.8, 4) is 34.5 Å². The summed E-state index contributed by atoms with van der Waals surface area (Å²) in [4.78, 5) is 24.9. The number of ether oxygens (including phenoxy) is 5. The molecule has 3 aromatic heterocycles. The number of benzene rings is 3. The molecule has 0 fully saturated rings. The molecule has 0 saturated heterocycles. The summed E-state index contributed by atoms with van der Waals surface area (Å²) < 4.78 is 75.8. The van der Waals surface area contributed by atoms with Crippen LogP contribution in [-0.4, -0.2) is 106 Å². The van der Waals surface area contributed by atoms with Crippen LogP contribution in [0.3, 0.4) is 0 Å². The van der Waals surface area contributed by atoms with Crippen LogP contribution < -0.4 is 36.7 Å². The van der Waals surface area contributed by atoms with Crippen LogP contribution in [0.25, 0.3) is 22.0 Å². The summed E-state index contributed by atoms with van der Waals surface area (Å²) in [5, 5.41) is 13.4. The lowest BCUT2D eigenvalue weighted by atomic mass is 10.1. The van der Waals surface area contributed by atoms with Crippen LogP contribution in [0.5, 0.6) is 11.5 Å². The van der Waals surface area contributed by atoms with Crippen LogP contribution in [0.4, 0.5) is 24.5 Å². The fourth-order valence-electron chi connectivity index (χ4n) is 6.81. The maximum atomic E-state index is 13.3. The predicted molar refractivity (Wildman–Crippen MR) is 256 cm³/mol. The van der Waals surface area contributed by atoms with Crippen molar-refractivity contribution < 1.29 is 46.2 Å². The Morgan fingerprint density at radius 1 is 0.853 bits per heavy atom. The molecule has 0 aliphatic carbocycles. The maximum Gasteiger partial charge on any atom is 0.406 e. The molecule has 0 atom stereocenters. The Balaban J connectivity index is 0.00000164. The first-order valence-electron chi connectivity index (χ1n) is 22.2. The van der Waals surface area contributed by atoms with E-state index < -0.39 is 12.7 Å². The molecule has 3 aromatic carbocycles. The first-order chi connectivity index (χ1) is 32.8. The molecule has 0 saturated carbocycles. The van der Waals surface area contributed by atoms with Crippen LogP contribution in [0.2, 0.25) is 0 Å².